The summed E-state index contributed by atoms with van der Waals surface area (Å²) in [6.07, 6.45) is 3.43. The SMILES string of the molecule is C[C@@H](C(=O)Nc1ccc(Oc2ccc(F)cc2CO[Si](C)(C)C(C)(C)C)cn1)N1CCC(F)(F)[C@@H](c2cc[n+]([O-])cc2)C1. The van der Waals surface area contributed by atoms with E-state index in [0.29, 0.717) is 27.4 Å². The maximum atomic E-state index is 14.8. The monoisotopic (exact) mass is 616 g/mol. The van der Waals surface area contributed by atoms with E-state index in [2.05, 4.69) is 44.2 Å². The van der Waals surface area contributed by atoms with Gasteiger partial charge in [-0.3, -0.25) is 9.69 Å². The topological polar surface area (TPSA) is 90.6 Å². The number of nitrogens with one attached hydrogen (secondary N) is 1. The summed E-state index contributed by atoms with van der Waals surface area (Å²) in [5.74, 6) is -3.79. The summed E-state index contributed by atoms with van der Waals surface area (Å²) in [5, 5.41) is 14.1. The van der Waals surface area contributed by atoms with Crippen LogP contribution in [0.25, 0.3) is 0 Å². The van der Waals surface area contributed by atoms with Crippen LogP contribution < -0.4 is 14.8 Å². The van der Waals surface area contributed by atoms with Crippen LogP contribution in [0.1, 0.15) is 51.2 Å². The van der Waals surface area contributed by atoms with Gasteiger partial charge in [-0.15, -0.1) is 0 Å². The average molecular weight is 617 g/mol. The number of amides is 1. The Balaban J connectivity index is 1.39. The molecule has 2 aromatic heterocycles. The third-order valence-corrected chi connectivity index (χ3v) is 12.9. The van der Waals surface area contributed by atoms with Gasteiger partial charge in [0.25, 0.3) is 5.92 Å². The minimum absolute atomic E-state index is 0.00621. The lowest BCUT2D eigenvalue weighted by Gasteiger charge is -2.40. The molecule has 1 N–H and O–H groups in total. The van der Waals surface area contributed by atoms with Crippen molar-refractivity contribution in [2.75, 3.05) is 18.4 Å². The predicted octanol–water partition coefficient (Wildman–Crippen LogP) is 6.62. The number of piperidine rings is 1. The number of nitrogens with zero attached hydrogens (tertiary/aromatic N) is 3. The molecule has 0 radical (unpaired) electrons. The molecule has 1 saturated heterocycles. The fourth-order valence-electron chi connectivity index (χ4n) is 4.56. The molecule has 8 nitrogen and oxygen atoms in total. The van der Waals surface area contributed by atoms with Gasteiger partial charge in [-0.1, -0.05) is 20.8 Å². The van der Waals surface area contributed by atoms with Gasteiger partial charge in [0.15, 0.2) is 20.7 Å². The van der Waals surface area contributed by atoms with E-state index in [1.54, 1.807) is 30.0 Å². The highest BCUT2D eigenvalue weighted by molar-refractivity contribution is 6.74. The van der Waals surface area contributed by atoms with Gasteiger partial charge in [-0.25, -0.2) is 18.2 Å². The Morgan fingerprint density at radius 2 is 1.91 bits per heavy atom. The third kappa shape index (κ3) is 7.92. The number of halogens is 3. The molecular weight excluding hydrogens is 577 g/mol. The lowest BCUT2D eigenvalue weighted by atomic mass is 9.87. The Labute approximate surface area is 251 Å². The van der Waals surface area contributed by atoms with Crippen molar-refractivity contribution in [3.05, 3.63) is 83.2 Å². The van der Waals surface area contributed by atoms with E-state index in [1.807, 2.05) is 0 Å². The van der Waals surface area contributed by atoms with Gasteiger partial charge in [0.05, 0.1) is 24.8 Å². The number of carbonyl (C=O) groups is 1. The number of anilines is 1. The highest BCUT2D eigenvalue weighted by atomic mass is 28.4. The van der Waals surface area contributed by atoms with Crippen LogP contribution >= 0.6 is 0 Å². The first kappa shape index (κ1) is 32.4. The largest absolute Gasteiger partial charge is 0.619 e. The van der Waals surface area contributed by atoms with Gasteiger partial charge in [0.1, 0.15) is 23.1 Å². The molecule has 1 aliphatic rings. The van der Waals surface area contributed by atoms with Gasteiger partial charge < -0.3 is 19.7 Å². The summed E-state index contributed by atoms with van der Waals surface area (Å²) in [6.45, 7) is 12.5. The third-order valence-electron chi connectivity index (χ3n) is 8.45. The molecule has 3 aromatic rings. The summed E-state index contributed by atoms with van der Waals surface area (Å²) in [4.78, 5) is 19.0. The Morgan fingerprint density at radius 1 is 1.21 bits per heavy atom. The molecule has 3 heterocycles. The number of alkyl halides is 2. The molecule has 1 fully saturated rings. The number of hydrogen-bond acceptors (Lipinski definition) is 6. The van der Waals surface area contributed by atoms with E-state index in [-0.39, 0.29) is 36.5 Å². The number of aromatic nitrogens is 2. The van der Waals surface area contributed by atoms with E-state index >= 15 is 0 Å². The maximum absolute atomic E-state index is 14.8. The molecule has 12 heteroatoms. The van der Waals surface area contributed by atoms with Crippen molar-refractivity contribution in [2.24, 2.45) is 0 Å². The smallest absolute Gasteiger partial charge is 0.257 e. The molecular formula is C31H39F3N4O4Si. The van der Waals surface area contributed by atoms with Crippen LogP contribution in [0.4, 0.5) is 19.0 Å². The number of rotatable bonds is 9. The van der Waals surface area contributed by atoms with E-state index in [4.69, 9.17) is 9.16 Å². The molecule has 0 unspecified atom stereocenters. The number of carbonyl (C=O) groups excluding carboxylic acids is 1. The minimum atomic E-state index is -2.96. The normalized spacial score (nSPS) is 18.2. The summed E-state index contributed by atoms with van der Waals surface area (Å²) < 4.78 is 56.4. The second-order valence-corrected chi connectivity index (χ2v) is 17.3. The summed E-state index contributed by atoms with van der Waals surface area (Å²) in [7, 11) is -2.08. The standard InChI is InChI=1S/C31H39F3N4O4Si/c1-21(37-16-13-31(33,34)26(19-37)22-11-14-38(40)15-12-22)29(39)36-28-10-8-25(18-35-28)42-27-9-7-24(32)17-23(27)20-41-43(5,6)30(2,3)4/h7-12,14-15,17-18,21,26H,13,16,19-20H2,1-6H3,(H,35,36,39)/t21-,26+/m0/s1. The van der Waals surface area contributed by atoms with Gasteiger partial charge in [-0.05, 0) is 61.0 Å². The number of benzene rings is 1. The van der Waals surface area contributed by atoms with Crippen molar-refractivity contribution in [1.29, 1.82) is 0 Å². The second kappa shape index (κ2) is 12.6. The van der Waals surface area contributed by atoms with E-state index in [9.17, 15) is 23.2 Å². The lowest BCUT2D eigenvalue weighted by Crippen LogP contribution is -2.52. The van der Waals surface area contributed by atoms with Crippen LogP contribution in [0, 0.1) is 11.0 Å². The van der Waals surface area contributed by atoms with Crippen LogP contribution in [-0.2, 0) is 15.8 Å². The fourth-order valence-corrected chi connectivity index (χ4v) is 5.51. The molecule has 4 rings (SSSR count). The first-order valence-corrected chi connectivity index (χ1v) is 17.1. The molecule has 0 bridgehead atoms. The summed E-state index contributed by atoms with van der Waals surface area (Å²) in [6, 6.07) is 9.54. The molecule has 0 spiro atoms. The molecule has 1 amide bonds. The van der Waals surface area contributed by atoms with Crippen LogP contribution in [0.5, 0.6) is 11.5 Å². The zero-order valence-electron chi connectivity index (χ0n) is 25.4. The number of hydrogen-bond donors (Lipinski definition) is 1. The zero-order valence-corrected chi connectivity index (χ0v) is 26.4. The number of ether oxygens (including phenoxy) is 1. The molecule has 0 saturated carbocycles. The van der Waals surface area contributed by atoms with Crippen LogP contribution in [0.3, 0.4) is 0 Å². The van der Waals surface area contributed by atoms with E-state index < -0.39 is 38.4 Å². The van der Waals surface area contributed by atoms with Crippen LogP contribution in [0.15, 0.2) is 61.1 Å². The Kier molecular flexibility index (Phi) is 9.53. The predicted molar refractivity (Wildman–Crippen MR) is 160 cm³/mol. The number of likely N-dealkylation sites (tertiary alicyclic amines) is 1. The Morgan fingerprint density at radius 3 is 2.53 bits per heavy atom. The number of pyridine rings is 2. The first-order chi connectivity index (χ1) is 20.1. The quantitative estimate of drug-likeness (QED) is 0.165. The van der Waals surface area contributed by atoms with Crippen LogP contribution in [0.2, 0.25) is 18.1 Å². The van der Waals surface area contributed by atoms with E-state index in [0.717, 1.165) is 0 Å². The van der Waals surface area contributed by atoms with Crippen LogP contribution in [-0.4, -0.2) is 49.2 Å². The van der Waals surface area contributed by atoms with Crippen molar-refractivity contribution >= 4 is 20.0 Å². The molecule has 232 valence electrons. The molecule has 43 heavy (non-hydrogen) atoms. The molecule has 1 aromatic carbocycles. The second-order valence-electron chi connectivity index (χ2n) is 12.5. The average Bonchev–Trinajstić information content (AvgIpc) is 2.93. The lowest BCUT2D eigenvalue weighted by molar-refractivity contribution is -0.605. The van der Waals surface area contributed by atoms with Crippen molar-refractivity contribution < 1.29 is 31.9 Å². The Hall–Kier alpha value is -3.48. The van der Waals surface area contributed by atoms with Gasteiger partial charge in [-0.2, -0.15) is 4.73 Å². The van der Waals surface area contributed by atoms with E-state index in [1.165, 1.54) is 42.9 Å². The maximum Gasteiger partial charge on any atom is 0.257 e. The summed E-state index contributed by atoms with van der Waals surface area (Å²) >= 11 is 0. The molecule has 2 atom stereocenters. The van der Waals surface area contributed by atoms with Gasteiger partial charge in [0.2, 0.25) is 5.91 Å². The van der Waals surface area contributed by atoms with Crippen molar-refractivity contribution in [2.45, 2.75) is 76.7 Å². The zero-order chi connectivity index (χ0) is 31.6. The molecule has 1 aliphatic heterocycles. The van der Waals surface area contributed by atoms with Gasteiger partial charge in [0, 0.05) is 37.2 Å². The summed E-state index contributed by atoms with van der Waals surface area (Å²) in [5.41, 5.74) is 0.923. The van der Waals surface area contributed by atoms with Crippen molar-refractivity contribution in [1.82, 2.24) is 9.88 Å². The Bertz CT molecular complexity index is 1420. The highest BCUT2D eigenvalue weighted by Crippen LogP contribution is 2.41. The minimum Gasteiger partial charge on any atom is -0.619 e. The first-order valence-electron chi connectivity index (χ1n) is 14.2. The fraction of sp³-hybridized carbons (Fsp3) is 0.452. The van der Waals surface area contributed by atoms with Crippen molar-refractivity contribution in [3.8, 4) is 11.5 Å². The van der Waals surface area contributed by atoms with Gasteiger partial charge >= 0.3 is 0 Å². The van der Waals surface area contributed by atoms with Crippen molar-refractivity contribution in [3.63, 3.8) is 0 Å². The molecule has 0 aliphatic carbocycles. The highest BCUT2D eigenvalue weighted by Gasteiger charge is 2.46.